The van der Waals surface area contributed by atoms with Gasteiger partial charge in [0.15, 0.2) is 0 Å². The summed E-state index contributed by atoms with van der Waals surface area (Å²) in [6, 6.07) is 0. The quantitative estimate of drug-likeness (QED) is 0.741. The molecule has 16 heavy (non-hydrogen) atoms. The van der Waals surface area contributed by atoms with Crippen LogP contribution in [0.1, 0.15) is 33.6 Å². The molecule has 1 N–H and O–H groups in total. The molecular formula is C12H21NO3. The van der Waals surface area contributed by atoms with Gasteiger partial charge >= 0.3 is 5.97 Å². The second-order valence-electron chi connectivity index (χ2n) is 4.92. The topological polar surface area (TPSA) is 47.6 Å². The van der Waals surface area contributed by atoms with Crippen molar-refractivity contribution in [3.63, 3.8) is 0 Å². The van der Waals surface area contributed by atoms with Crippen LogP contribution in [0, 0.1) is 0 Å². The van der Waals surface area contributed by atoms with Crippen molar-refractivity contribution < 1.29 is 14.3 Å². The molecule has 0 amide bonds. The van der Waals surface area contributed by atoms with E-state index in [0.717, 1.165) is 12.8 Å². The zero-order valence-corrected chi connectivity index (χ0v) is 10.3. The van der Waals surface area contributed by atoms with Crippen LogP contribution in [0.15, 0.2) is 12.3 Å². The van der Waals surface area contributed by atoms with E-state index >= 15 is 0 Å². The molecule has 1 unspecified atom stereocenters. The first kappa shape index (κ1) is 13.0. The van der Waals surface area contributed by atoms with Gasteiger partial charge < -0.3 is 14.8 Å². The van der Waals surface area contributed by atoms with Gasteiger partial charge in [0.05, 0.1) is 12.8 Å². The lowest BCUT2D eigenvalue weighted by atomic mass is 10.1. The Kier molecular flexibility index (Phi) is 4.80. The molecule has 0 saturated carbocycles. The number of allylic oxidation sites excluding steroid dienone is 1. The molecule has 1 aliphatic heterocycles. The maximum atomic E-state index is 11.4. The first-order valence-electron chi connectivity index (χ1n) is 5.70. The Balaban J connectivity index is 2.10. The zero-order chi connectivity index (χ0) is 12.0. The van der Waals surface area contributed by atoms with E-state index in [9.17, 15) is 4.79 Å². The van der Waals surface area contributed by atoms with Gasteiger partial charge in [-0.1, -0.05) is 0 Å². The van der Waals surface area contributed by atoms with Crippen LogP contribution in [0.25, 0.3) is 0 Å². The van der Waals surface area contributed by atoms with E-state index in [0.29, 0.717) is 6.54 Å². The van der Waals surface area contributed by atoms with E-state index < -0.39 is 5.60 Å². The van der Waals surface area contributed by atoms with Crippen molar-refractivity contribution in [3.8, 4) is 0 Å². The highest BCUT2D eigenvalue weighted by molar-refractivity contribution is 5.72. The average Bonchev–Trinajstić information content (AvgIpc) is 2.16. The zero-order valence-electron chi connectivity index (χ0n) is 10.3. The lowest BCUT2D eigenvalue weighted by molar-refractivity contribution is -0.153. The van der Waals surface area contributed by atoms with Gasteiger partial charge in [0.25, 0.3) is 0 Å². The summed E-state index contributed by atoms with van der Waals surface area (Å²) in [5, 5.41) is 3.04. The number of hydrogen-bond donors (Lipinski definition) is 1. The van der Waals surface area contributed by atoms with Crippen LogP contribution in [-0.4, -0.2) is 30.8 Å². The summed E-state index contributed by atoms with van der Waals surface area (Å²) < 4.78 is 10.5. The van der Waals surface area contributed by atoms with Crippen LogP contribution in [0.5, 0.6) is 0 Å². The number of esters is 1. The first-order chi connectivity index (χ1) is 7.47. The fourth-order valence-corrected chi connectivity index (χ4v) is 1.45. The summed E-state index contributed by atoms with van der Waals surface area (Å²) >= 11 is 0. The Labute approximate surface area is 97.0 Å². The summed E-state index contributed by atoms with van der Waals surface area (Å²) in [6.07, 6.45) is 5.94. The summed E-state index contributed by atoms with van der Waals surface area (Å²) in [5.74, 6) is -0.223. The molecule has 4 heteroatoms. The smallest absolute Gasteiger partial charge is 0.320 e. The molecule has 0 spiro atoms. The van der Waals surface area contributed by atoms with Gasteiger partial charge in [-0.2, -0.15) is 0 Å². The fourth-order valence-electron chi connectivity index (χ4n) is 1.45. The summed E-state index contributed by atoms with van der Waals surface area (Å²) in [4.78, 5) is 11.4. The van der Waals surface area contributed by atoms with Crippen molar-refractivity contribution in [1.29, 1.82) is 0 Å². The van der Waals surface area contributed by atoms with Crippen molar-refractivity contribution >= 4 is 5.97 Å². The minimum atomic E-state index is -0.414. The largest absolute Gasteiger partial charge is 0.497 e. The van der Waals surface area contributed by atoms with Crippen LogP contribution >= 0.6 is 0 Å². The molecule has 0 radical (unpaired) electrons. The van der Waals surface area contributed by atoms with E-state index in [1.54, 1.807) is 6.26 Å². The molecule has 1 heterocycles. The van der Waals surface area contributed by atoms with Crippen molar-refractivity contribution in [2.45, 2.75) is 45.3 Å². The van der Waals surface area contributed by atoms with E-state index in [-0.39, 0.29) is 18.6 Å². The Hall–Kier alpha value is -1.03. The summed E-state index contributed by atoms with van der Waals surface area (Å²) in [6.45, 7) is 6.50. The summed E-state index contributed by atoms with van der Waals surface area (Å²) in [5.41, 5.74) is -0.414. The molecule has 4 nitrogen and oxygen atoms in total. The molecule has 0 aromatic rings. The second kappa shape index (κ2) is 5.89. The van der Waals surface area contributed by atoms with Gasteiger partial charge in [-0.3, -0.25) is 4.79 Å². The molecule has 0 aromatic heterocycles. The van der Waals surface area contributed by atoms with Crippen LogP contribution in [0.4, 0.5) is 0 Å². The van der Waals surface area contributed by atoms with Crippen molar-refractivity contribution in [3.05, 3.63) is 12.3 Å². The SMILES string of the molecule is CC(C)(C)OC(=O)CNCC1CCC=CO1. The Morgan fingerprint density at radius 3 is 2.88 bits per heavy atom. The van der Waals surface area contributed by atoms with Gasteiger partial charge in [0, 0.05) is 6.54 Å². The molecule has 1 aliphatic rings. The lowest BCUT2D eigenvalue weighted by Gasteiger charge is -2.21. The predicted octanol–water partition coefficient (Wildman–Crippen LogP) is 1.61. The highest BCUT2D eigenvalue weighted by Crippen LogP contribution is 2.09. The Morgan fingerprint density at radius 1 is 1.56 bits per heavy atom. The predicted molar refractivity (Wildman–Crippen MR) is 62.0 cm³/mol. The van der Waals surface area contributed by atoms with Gasteiger partial charge in [-0.15, -0.1) is 0 Å². The summed E-state index contributed by atoms with van der Waals surface area (Å²) in [7, 11) is 0. The number of rotatable bonds is 4. The molecule has 0 aromatic carbocycles. The number of hydrogen-bond acceptors (Lipinski definition) is 4. The standard InChI is InChI=1S/C12H21NO3/c1-12(2,3)16-11(14)9-13-8-10-6-4-5-7-15-10/h5,7,10,13H,4,6,8-9H2,1-3H3. The molecule has 0 aliphatic carbocycles. The van der Waals surface area contributed by atoms with E-state index in [2.05, 4.69) is 5.32 Å². The molecule has 0 bridgehead atoms. The maximum Gasteiger partial charge on any atom is 0.320 e. The van der Waals surface area contributed by atoms with Crippen molar-refractivity contribution in [2.75, 3.05) is 13.1 Å². The third-order valence-corrected chi connectivity index (χ3v) is 2.08. The normalized spacial score (nSPS) is 20.3. The van der Waals surface area contributed by atoms with E-state index in [1.807, 2.05) is 26.8 Å². The lowest BCUT2D eigenvalue weighted by Crippen LogP contribution is -2.36. The van der Waals surface area contributed by atoms with Crippen LogP contribution in [-0.2, 0) is 14.3 Å². The highest BCUT2D eigenvalue weighted by Gasteiger charge is 2.16. The van der Waals surface area contributed by atoms with E-state index in [1.165, 1.54) is 0 Å². The number of carbonyl (C=O) groups is 1. The Bertz CT molecular complexity index is 255. The number of carbonyl (C=O) groups excluding carboxylic acids is 1. The maximum absolute atomic E-state index is 11.4. The third-order valence-electron chi connectivity index (χ3n) is 2.08. The number of nitrogens with one attached hydrogen (secondary N) is 1. The van der Waals surface area contributed by atoms with E-state index in [4.69, 9.17) is 9.47 Å². The second-order valence-corrected chi connectivity index (χ2v) is 4.92. The average molecular weight is 227 g/mol. The molecule has 92 valence electrons. The van der Waals surface area contributed by atoms with Crippen molar-refractivity contribution in [2.24, 2.45) is 0 Å². The molecule has 0 fully saturated rings. The molecular weight excluding hydrogens is 206 g/mol. The first-order valence-corrected chi connectivity index (χ1v) is 5.70. The van der Waals surface area contributed by atoms with Crippen molar-refractivity contribution in [1.82, 2.24) is 5.32 Å². The van der Waals surface area contributed by atoms with Crippen LogP contribution < -0.4 is 5.32 Å². The van der Waals surface area contributed by atoms with Gasteiger partial charge in [-0.05, 0) is 39.7 Å². The monoisotopic (exact) mass is 227 g/mol. The number of ether oxygens (including phenoxy) is 2. The van der Waals surface area contributed by atoms with Crippen LogP contribution in [0.3, 0.4) is 0 Å². The van der Waals surface area contributed by atoms with Gasteiger partial charge in [0.2, 0.25) is 0 Å². The third kappa shape index (κ3) is 5.75. The Morgan fingerprint density at radius 2 is 2.31 bits per heavy atom. The minimum Gasteiger partial charge on any atom is -0.497 e. The molecule has 1 atom stereocenters. The van der Waals surface area contributed by atoms with Gasteiger partial charge in [-0.25, -0.2) is 0 Å². The fraction of sp³-hybridized carbons (Fsp3) is 0.750. The minimum absolute atomic E-state index is 0.174. The highest BCUT2D eigenvalue weighted by atomic mass is 16.6. The molecule has 0 saturated heterocycles. The van der Waals surface area contributed by atoms with Crippen LogP contribution in [0.2, 0.25) is 0 Å². The van der Waals surface area contributed by atoms with Gasteiger partial charge in [0.1, 0.15) is 11.7 Å². The molecule has 1 rings (SSSR count).